The van der Waals surface area contributed by atoms with Crippen molar-refractivity contribution in [1.82, 2.24) is 19.8 Å². The predicted molar refractivity (Wildman–Crippen MR) is 120 cm³/mol. The standard InChI is InChI=1S/C22H28N6OS/c1-17-4-7-21(14-18(17)2)28-22(30)27(23-24-28)16-25(3)15-19-5-8-20(9-6-19)26-10-12-29-13-11-26/h4-9,14H,10-13,15-16H2,1-3H3/p+1. The number of aromatic nitrogens is 4. The van der Waals surface area contributed by atoms with Gasteiger partial charge in [0.05, 0.1) is 25.9 Å². The molecule has 0 radical (unpaired) electrons. The first-order valence-electron chi connectivity index (χ1n) is 10.3. The number of aryl methyl sites for hydroxylation is 2. The molecule has 1 aliphatic rings. The van der Waals surface area contributed by atoms with E-state index in [-0.39, 0.29) is 0 Å². The molecule has 0 spiro atoms. The molecule has 30 heavy (non-hydrogen) atoms. The Balaban J connectivity index is 1.40. The average Bonchev–Trinajstić information content (AvgIpc) is 3.11. The van der Waals surface area contributed by atoms with Gasteiger partial charge in [-0.1, -0.05) is 18.2 Å². The van der Waals surface area contributed by atoms with Gasteiger partial charge < -0.3 is 14.5 Å². The van der Waals surface area contributed by atoms with Crippen LogP contribution in [0.3, 0.4) is 0 Å². The molecule has 1 saturated heterocycles. The molecular weight excluding hydrogens is 396 g/mol. The highest BCUT2D eigenvalue weighted by atomic mass is 32.1. The van der Waals surface area contributed by atoms with Crippen LogP contribution >= 0.6 is 12.2 Å². The van der Waals surface area contributed by atoms with Gasteiger partial charge in [-0.05, 0) is 71.9 Å². The maximum Gasteiger partial charge on any atom is 0.225 e. The Kier molecular flexibility index (Phi) is 6.26. The molecule has 1 fully saturated rings. The van der Waals surface area contributed by atoms with Crippen LogP contribution in [0, 0.1) is 18.6 Å². The molecule has 2 aromatic carbocycles. The molecule has 1 atom stereocenters. The lowest BCUT2D eigenvalue weighted by Crippen LogP contribution is -3.07. The predicted octanol–water partition coefficient (Wildman–Crippen LogP) is 1.92. The van der Waals surface area contributed by atoms with E-state index in [4.69, 9.17) is 17.0 Å². The molecule has 1 unspecified atom stereocenters. The fourth-order valence-corrected chi connectivity index (χ4v) is 3.94. The highest BCUT2D eigenvalue weighted by Crippen LogP contribution is 2.16. The first-order valence-corrected chi connectivity index (χ1v) is 10.8. The van der Waals surface area contributed by atoms with E-state index in [2.05, 4.69) is 72.6 Å². The second kappa shape index (κ2) is 9.07. The average molecular weight is 426 g/mol. The van der Waals surface area contributed by atoms with Crippen molar-refractivity contribution in [1.29, 1.82) is 0 Å². The fraction of sp³-hybridized carbons (Fsp3) is 0.409. The topological polar surface area (TPSA) is 52.5 Å². The summed E-state index contributed by atoms with van der Waals surface area (Å²) in [5, 5.41) is 8.56. The van der Waals surface area contributed by atoms with E-state index in [0.29, 0.717) is 11.4 Å². The molecule has 0 bridgehead atoms. The zero-order valence-corrected chi connectivity index (χ0v) is 18.7. The Hall–Kier alpha value is -2.55. The van der Waals surface area contributed by atoms with Gasteiger partial charge in [-0.2, -0.15) is 9.36 Å². The third-order valence-corrected chi connectivity index (χ3v) is 6.00. The first kappa shape index (κ1) is 20.7. The van der Waals surface area contributed by atoms with Crippen LogP contribution in [0.1, 0.15) is 16.7 Å². The van der Waals surface area contributed by atoms with Crippen molar-refractivity contribution in [2.24, 2.45) is 0 Å². The summed E-state index contributed by atoms with van der Waals surface area (Å²) in [5.74, 6) is 0. The van der Waals surface area contributed by atoms with E-state index in [0.717, 1.165) is 38.5 Å². The van der Waals surface area contributed by atoms with E-state index in [1.807, 2.05) is 6.07 Å². The van der Waals surface area contributed by atoms with E-state index in [9.17, 15) is 0 Å². The largest absolute Gasteiger partial charge is 0.378 e. The summed E-state index contributed by atoms with van der Waals surface area (Å²) in [5.41, 5.74) is 5.97. The lowest BCUT2D eigenvalue weighted by atomic mass is 10.1. The molecule has 4 rings (SSSR count). The van der Waals surface area contributed by atoms with Crippen LogP contribution in [0.25, 0.3) is 5.69 Å². The second-order valence-corrected chi connectivity index (χ2v) is 8.36. The maximum atomic E-state index is 5.63. The SMILES string of the molecule is Cc1ccc(-n2nnn(C[NH+](C)Cc3ccc(N4CCOCC4)cc3)c2=S)cc1C. The number of morpholine rings is 1. The fourth-order valence-electron chi connectivity index (χ4n) is 3.70. The van der Waals surface area contributed by atoms with E-state index < -0.39 is 0 Å². The zero-order chi connectivity index (χ0) is 21.1. The van der Waals surface area contributed by atoms with Crippen molar-refractivity contribution in [2.45, 2.75) is 27.1 Å². The molecule has 1 N–H and O–H groups in total. The van der Waals surface area contributed by atoms with Crippen molar-refractivity contribution in [2.75, 3.05) is 38.3 Å². The van der Waals surface area contributed by atoms with Crippen LogP contribution in [-0.2, 0) is 18.0 Å². The molecular formula is C22H29N6OS+. The Morgan fingerprint density at radius 1 is 0.967 bits per heavy atom. The smallest absolute Gasteiger partial charge is 0.225 e. The van der Waals surface area contributed by atoms with Gasteiger partial charge in [0.25, 0.3) is 0 Å². The van der Waals surface area contributed by atoms with E-state index >= 15 is 0 Å². The maximum absolute atomic E-state index is 5.63. The number of quaternary nitrogens is 1. The van der Waals surface area contributed by atoms with Crippen LogP contribution in [-0.4, -0.2) is 53.1 Å². The minimum absolute atomic E-state index is 0.611. The van der Waals surface area contributed by atoms with Crippen LogP contribution < -0.4 is 9.80 Å². The van der Waals surface area contributed by atoms with Gasteiger partial charge in [0.2, 0.25) is 4.77 Å². The highest BCUT2D eigenvalue weighted by molar-refractivity contribution is 7.71. The van der Waals surface area contributed by atoms with Crippen molar-refractivity contribution < 1.29 is 9.64 Å². The van der Waals surface area contributed by atoms with Gasteiger partial charge in [0.15, 0.2) is 6.67 Å². The number of hydrogen-bond acceptors (Lipinski definition) is 5. The lowest BCUT2D eigenvalue weighted by Gasteiger charge is -2.29. The Bertz CT molecular complexity index is 1050. The van der Waals surface area contributed by atoms with Crippen LogP contribution in [0.5, 0.6) is 0 Å². The van der Waals surface area contributed by atoms with Gasteiger partial charge in [0, 0.05) is 24.3 Å². The van der Waals surface area contributed by atoms with Gasteiger partial charge in [-0.15, -0.1) is 0 Å². The summed E-state index contributed by atoms with van der Waals surface area (Å²) in [6.07, 6.45) is 0. The second-order valence-electron chi connectivity index (χ2n) is 8.00. The molecule has 2 heterocycles. The molecule has 0 amide bonds. The van der Waals surface area contributed by atoms with Crippen molar-refractivity contribution in [3.05, 3.63) is 63.9 Å². The summed E-state index contributed by atoms with van der Waals surface area (Å²) in [7, 11) is 2.15. The quantitative estimate of drug-likeness (QED) is 0.612. The number of rotatable bonds is 6. The molecule has 158 valence electrons. The third kappa shape index (κ3) is 4.61. The van der Waals surface area contributed by atoms with Gasteiger partial charge in [-0.25, -0.2) is 0 Å². The third-order valence-electron chi connectivity index (χ3n) is 5.61. The molecule has 7 nitrogen and oxygen atoms in total. The Labute approximate surface area is 182 Å². The number of anilines is 1. The van der Waals surface area contributed by atoms with E-state index in [1.165, 1.54) is 27.3 Å². The lowest BCUT2D eigenvalue weighted by molar-refractivity contribution is -0.917. The molecule has 0 aliphatic carbocycles. The monoisotopic (exact) mass is 425 g/mol. The summed E-state index contributed by atoms with van der Waals surface area (Å²) < 4.78 is 9.57. The number of hydrogen-bond donors (Lipinski definition) is 1. The number of tetrazole rings is 1. The summed E-state index contributed by atoms with van der Waals surface area (Å²) in [4.78, 5) is 3.66. The van der Waals surface area contributed by atoms with Crippen molar-refractivity contribution in [3.63, 3.8) is 0 Å². The molecule has 8 heteroatoms. The van der Waals surface area contributed by atoms with E-state index in [1.54, 1.807) is 9.36 Å². The summed E-state index contributed by atoms with van der Waals surface area (Å²) >= 11 is 5.63. The Morgan fingerprint density at radius 3 is 2.37 bits per heavy atom. The number of ether oxygens (including phenoxy) is 1. The number of nitrogens with zero attached hydrogens (tertiary/aromatic N) is 5. The van der Waals surface area contributed by atoms with Gasteiger partial charge >= 0.3 is 0 Å². The van der Waals surface area contributed by atoms with Gasteiger partial charge in [0.1, 0.15) is 6.54 Å². The zero-order valence-electron chi connectivity index (χ0n) is 17.8. The minimum atomic E-state index is 0.611. The summed E-state index contributed by atoms with van der Waals surface area (Å²) in [6.45, 7) is 9.26. The van der Waals surface area contributed by atoms with Crippen molar-refractivity contribution in [3.8, 4) is 5.69 Å². The molecule has 1 aliphatic heterocycles. The molecule has 1 aromatic heterocycles. The minimum Gasteiger partial charge on any atom is -0.378 e. The number of benzene rings is 2. The molecule has 0 saturated carbocycles. The summed E-state index contributed by atoms with van der Waals surface area (Å²) in [6, 6.07) is 15.0. The van der Waals surface area contributed by atoms with Gasteiger partial charge in [-0.3, -0.25) is 0 Å². The number of nitrogens with one attached hydrogen (secondary N) is 1. The highest BCUT2D eigenvalue weighted by Gasteiger charge is 2.13. The Morgan fingerprint density at radius 2 is 1.67 bits per heavy atom. The van der Waals surface area contributed by atoms with Crippen molar-refractivity contribution >= 4 is 17.9 Å². The normalized spacial score (nSPS) is 15.4. The molecule has 3 aromatic rings. The first-order chi connectivity index (χ1) is 14.5. The van der Waals surface area contributed by atoms with Crippen LogP contribution in [0.4, 0.5) is 5.69 Å². The van der Waals surface area contributed by atoms with Crippen LogP contribution in [0.15, 0.2) is 42.5 Å². The van der Waals surface area contributed by atoms with Crippen LogP contribution in [0.2, 0.25) is 0 Å².